The molecule has 0 spiro atoms. The molecule has 0 heterocycles. The number of benzene rings is 5. The maximum atomic E-state index is 2.43. The van der Waals surface area contributed by atoms with Gasteiger partial charge >= 0.3 is 188 Å². The molecule has 1 heteroatoms. The molecule has 148 valence electrons. The van der Waals surface area contributed by atoms with Crippen molar-refractivity contribution in [3.05, 3.63) is 146 Å². The molecular weight excluding hydrogens is 433 g/mol. The van der Waals surface area contributed by atoms with Crippen molar-refractivity contribution in [1.82, 2.24) is 0 Å². The summed E-state index contributed by atoms with van der Waals surface area (Å²) in [5.74, 6) is 0. The van der Waals surface area contributed by atoms with Gasteiger partial charge in [-0.3, -0.25) is 0 Å². The van der Waals surface area contributed by atoms with Crippen molar-refractivity contribution in [3.8, 4) is 11.1 Å². The van der Waals surface area contributed by atoms with Crippen LogP contribution in [0.4, 0.5) is 0 Å². The van der Waals surface area contributed by atoms with E-state index in [-0.39, 0.29) is 0 Å². The summed E-state index contributed by atoms with van der Waals surface area (Å²) in [7, 11) is 0. The third kappa shape index (κ3) is 3.64. The molecule has 0 nitrogen and oxygen atoms in total. The summed E-state index contributed by atoms with van der Waals surface area (Å²) in [6.07, 6.45) is 0. The molecule has 31 heavy (non-hydrogen) atoms. The molecule has 0 N–H and O–H groups in total. The Labute approximate surface area is 187 Å². The van der Waals surface area contributed by atoms with E-state index in [1.54, 1.807) is 0 Å². The predicted octanol–water partition coefficient (Wildman–Crippen LogP) is 4.73. The van der Waals surface area contributed by atoms with Gasteiger partial charge in [0.15, 0.2) is 0 Å². The molecule has 5 aromatic rings. The second-order valence-corrected chi connectivity index (χ2v) is 15.8. The van der Waals surface area contributed by atoms with Crippen molar-refractivity contribution < 1.29 is 0 Å². The van der Waals surface area contributed by atoms with Crippen LogP contribution in [0.3, 0.4) is 0 Å². The quantitative estimate of drug-likeness (QED) is 0.335. The molecule has 0 bridgehead atoms. The van der Waals surface area contributed by atoms with Crippen molar-refractivity contribution in [3.63, 3.8) is 0 Å². The first-order valence-electron chi connectivity index (χ1n) is 10.7. The van der Waals surface area contributed by atoms with E-state index in [2.05, 4.69) is 146 Å². The molecule has 0 atom stereocenters. The molecule has 5 rings (SSSR count). The fraction of sp³-hybridized carbons (Fsp3) is 0. The van der Waals surface area contributed by atoms with Crippen LogP contribution in [-0.2, 0) is 0 Å². The second kappa shape index (κ2) is 8.79. The SMILES string of the molecule is c1ccc(-c2ccc[c]([Ge]([c]3ccccc3)([c]3ccccc3)[c]3ccccc3)c2)cc1. The van der Waals surface area contributed by atoms with Crippen molar-refractivity contribution in [2.75, 3.05) is 0 Å². The molecule has 0 fully saturated rings. The van der Waals surface area contributed by atoms with Crippen molar-refractivity contribution in [1.29, 1.82) is 0 Å². The van der Waals surface area contributed by atoms with Gasteiger partial charge in [0.2, 0.25) is 0 Å². The van der Waals surface area contributed by atoms with Crippen LogP contribution in [0.1, 0.15) is 0 Å². The van der Waals surface area contributed by atoms with Gasteiger partial charge in [-0.05, 0) is 0 Å². The zero-order chi connectivity index (χ0) is 20.9. The van der Waals surface area contributed by atoms with Crippen LogP contribution in [0.5, 0.6) is 0 Å². The average Bonchev–Trinajstić information content (AvgIpc) is 2.87. The summed E-state index contributed by atoms with van der Waals surface area (Å²) < 4.78 is 5.80. The van der Waals surface area contributed by atoms with Crippen LogP contribution in [0.25, 0.3) is 11.1 Å². The van der Waals surface area contributed by atoms with E-state index in [1.807, 2.05) is 0 Å². The van der Waals surface area contributed by atoms with Gasteiger partial charge in [0.1, 0.15) is 0 Å². The Balaban J connectivity index is 1.85. The normalized spacial score (nSPS) is 11.2. The monoisotopic (exact) mass is 458 g/mol. The van der Waals surface area contributed by atoms with E-state index < -0.39 is 13.3 Å². The Morgan fingerprint density at radius 3 is 1.10 bits per heavy atom. The molecule has 5 aromatic carbocycles. The number of hydrogen-bond donors (Lipinski definition) is 0. The maximum absolute atomic E-state index is 3.18. The third-order valence-corrected chi connectivity index (χ3v) is 16.0. The first kappa shape index (κ1) is 19.6. The Morgan fingerprint density at radius 2 is 0.645 bits per heavy atom. The summed E-state index contributed by atoms with van der Waals surface area (Å²) in [5, 5.41) is 0. The Kier molecular flexibility index (Phi) is 5.56. The first-order chi connectivity index (χ1) is 15.4. The predicted molar refractivity (Wildman–Crippen MR) is 135 cm³/mol. The second-order valence-electron chi connectivity index (χ2n) is 7.79. The van der Waals surface area contributed by atoms with Gasteiger partial charge in [-0.2, -0.15) is 0 Å². The van der Waals surface area contributed by atoms with Crippen molar-refractivity contribution >= 4 is 30.8 Å². The van der Waals surface area contributed by atoms with Crippen LogP contribution < -0.4 is 17.6 Å². The zero-order valence-electron chi connectivity index (χ0n) is 17.4. The van der Waals surface area contributed by atoms with Gasteiger partial charge < -0.3 is 0 Å². The van der Waals surface area contributed by atoms with Crippen molar-refractivity contribution in [2.45, 2.75) is 0 Å². The van der Waals surface area contributed by atoms with Crippen molar-refractivity contribution in [2.24, 2.45) is 0 Å². The number of rotatable bonds is 5. The molecule has 0 aliphatic rings. The van der Waals surface area contributed by atoms with Crippen LogP contribution in [0, 0.1) is 0 Å². The van der Waals surface area contributed by atoms with Gasteiger partial charge in [0.05, 0.1) is 0 Å². The number of hydrogen-bond acceptors (Lipinski definition) is 0. The fourth-order valence-corrected chi connectivity index (χ4v) is 14.7. The minimum absolute atomic E-state index is 1.26. The molecular formula is C30H24Ge. The van der Waals surface area contributed by atoms with Crippen LogP contribution >= 0.6 is 0 Å². The van der Waals surface area contributed by atoms with Gasteiger partial charge in [0, 0.05) is 0 Å². The Hall–Kier alpha value is -3.36. The molecule has 0 saturated heterocycles. The Morgan fingerprint density at radius 1 is 0.290 bits per heavy atom. The van der Waals surface area contributed by atoms with E-state index in [0.717, 1.165) is 0 Å². The van der Waals surface area contributed by atoms with Crippen LogP contribution in [-0.4, -0.2) is 13.3 Å². The standard InChI is InChI=1S/C30H24Ge/c1-5-14-25(15-6-1)26-16-13-23-30(24-26)31(27-17-7-2-8-18-27,28-19-9-3-10-20-28)29-21-11-4-12-22-29/h1-24H. The zero-order valence-corrected chi connectivity index (χ0v) is 19.5. The molecule has 0 aromatic heterocycles. The molecule has 0 aliphatic heterocycles. The van der Waals surface area contributed by atoms with Gasteiger partial charge in [-0.1, -0.05) is 0 Å². The van der Waals surface area contributed by atoms with E-state index in [0.29, 0.717) is 0 Å². The van der Waals surface area contributed by atoms with Gasteiger partial charge in [-0.15, -0.1) is 0 Å². The summed E-state index contributed by atoms with van der Waals surface area (Å²) in [5.41, 5.74) is 2.53. The van der Waals surface area contributed by atoms with Gasteiger partial charge in [-0.25, -0.2) is 0 Å². The molecule has 0 radical (unpaired) electrons. The van der Waals surface area contributed by atoms with Gasteiger partial charge in [0.25, 0.3) is 0 Å². The van der Waals surface area contributed by atoms with Crippen LogP contribution in [0.15, 0.2) is 146 Å². The summed E-state index contributed by atoms with van der Waals surface area (Å²) >= 11 is -3.18. The third-order valence-electron chi connectivity index (χ3n) is 6.02. The van der Waals surface area contributed by atoms with Crippen LogP contribution in [0.2, 0.25) is 0 Å². The Bertz CT molecular complexity index is 1150. The summed E-state index contributed by atoms with van der Waals surface area (Å²) in [6.45, 7) is 0. The topological polar surface area (TPSA) is 0 Å². The first-order valence-corrected chi connectivity index (χ1v) is 14.9. The molecule has 0 saturated carbocycles. The van der Waals surface area contributed by atoms with E-state index in [4.69, 9.17) is 0 Å². The fourth-order valence-electron chi connectivity index (χ4n) is 4.63. The van der Waals surface area contributed by atoms with E-state index in [1.165, 1.54) is 28.7 Å². The summed E-state index contributed by atoms with van der Waals surface area (Å²) in [6, 6.07) is 53.4. The van der Waals surface area contributed by atoms with E-state index >= 15 is 0 Å². The molecule has 0 amide bonds. The minimum atomic E-state index is -3.18. The van der Waals surface area contributed by atoms with E-state index in [9.17, 15) is 0 Å². The molecule has 0 unspecified atom stereocenters. The summed E-state index contributed by atoms with van der Waals surface area (Å²) in [4.78, 5) is 0. The molecule has 0 aliphatic carbocycles. The average molecular weight is 457 g/mol.